The second-order valence-corrected chi connectivity index (χ2v) is 8.43. The smallest absolute Gasteiger partial charge is 0.236 e. The fourth-order valence-electron chi connectivity index (χ4n) is 3.31. The Labute approximate surface area is 177 Å². The van der Waals surface area contributed by atoms with Gasteiger partial charge in [0.05, 0.1) is 5.75 Å². The molecular weight excluding hydrogens is 408 g/mol. The molecule has 1 aliphatic carbocycles. The number of carbonyl (C=O) groups is 1. The van der Waals surface area contributed by atoms with Gasteiger partial charge in [-0.15, -0.1) is 20.4 Å². The second kappa shape index (κ2) is 9.36. The molecule has 2 heterocycles. The summed E-state index contributed by atoms with van der Waals surface area (Å²) in [7, 11) is 0. The Morgan fingerprint density at radius 3 is 2.90 bits per heavy atom. The van der Waals surface area contributed by atoms with Crippen LogP contribution < -0.4 is 10.1 Å². The van der Waals surface area contributed by atoms with Crippen molar-refractivity contribution < 1.29 is 9.53 Å². The van der Waals surface area contributed by atoms with Crippen molar-refractivity contribution in [3.63, 3.8) is 0 Å². The lowest BCUT2D eigenvalue weighted by molar-refractivity contribution is -0.113. The predicted octanol–water partition coefficient (Wildman–Crippen LogP) is 3.34. The van der Waals surface area contributed by atoms with E-state index in [1.807, 2.05) is 17.6 Å². The number of hydrogen-bond donors (Lipinski definition) is 1. The first kappa shape index (κ1) is 19.8. The van der Waals surface area contributed by atoms with Gasteiger partial charge < -0.3 is 9.30 Å². The lowest BCUT2D eigenvalue weighted by Gasteiger charge is -2.16. The van der Waals surface area contributed by atoms with E-state index in [0.717, 1.165) is 24.4 Å². The number of nitrogens with one attached hydrogen (secondary N) is 1. The van der Waals surface area contributed by atoms with Crippen LogP contribution in [0.3, 0.4) is 0 Å². The average molecular weight is 431 g/mol. The zero-order chi connectivity index (χ0) is 20.1. The molecule has 0 saturated heterocycles. The molecule has 0 unspecified atom stereocenters. The Morgan fingerprint density at radius 2 is 2.10 bits per heavy atom. The molecule has 1 amide bonds. The van der Waals surface area contributed by atoms with Crippen LogP contribution in [0.15, 0.2) is 28.9 Å². The minimum atomic E-state index is -0.149. The molecule has 2 aromatic heterocycles. The molecule has 0 fully saturated rings. The fourth-order valence-corrected chi connectivity index (χ4v) is 4.59. The molecule has 4 rings (SSSR count). The predicted molar refractivity (Wildman–Crippen MR) is 112 cm³/mol. The number of amides is 1. The molecule has 152 valence electrons. The quantitative estimate of drug-likeness (QED) is 0.548. The van der Waals surface area contributed by atoms with Crippen LogP contribution >= 0.6 is 23.1 Å². The van der Waals surface area contributed by atoms with Crippen LogP contribution in [0, 0.1) is 0 Å². The largest absolute Gasteiger partial charge is 0.486 e. The summed E-state index contributed by atoms with van der Waals surface area (Å²) < 4.78 is 7.96. The first-order valence-electron chi connectivity index (χ1n) is 9.58. The van der Waals surface area contributed by atoms with Crippen molar-refractivity contribution in [1.29, 1.82) is 0 Å². The van der Waals surface area contributed by atoms with Crippen LogP contribution in [-0.2, 0) is 30.8 Å². The summed E-state index contributed by atoms with van der Waals surface area (Å²) in [5.41, 5.74) is 4.40. The maximum atomic E-state index is 12.0. The lowest BCUT2D eigenvalue weighted by Crippen LogP contribution is -2.14. The summed E-state index contributed by atoms with van der Waals surface area (Å²) in [6.45, 7) is 3.07. The molecule has 0 bridgehead atoms. The second-order valence-electron chi connectivity index (χ2n) is 6.65. The van der Waals surface area contributed by atoms with Crippen molar-refractivity contribution >= 4 is 34.1 Å². The van der Waals surface area contributed by atoms with E-state index in [-0.39, 0.29) is 11.7 Å². The Kier molecular flexibility index (Phi) is 6.40. The highest BCUT2D eigenvalue weighted by atomic mass is 32.2. The normalized spacial score (nSPS) is 13.1. The standard InChI is InChI=1S/C19H22N6O2S2/c1-2-25-16(10-27-15-8-7-13-5-3-4-6-14(13)9-15)22-24-19(25)28-11-17(26)21-18-23-20-12-29-18/h7-9,12H,2-6,10-11H2,1H3,(H,21,23,26). The number of anilines is 1. The molecule has 0 radical (unpaired) electrons. The molecule has 3 aromatic rings. The topological polar surface area (TPSA) is 94.8 Å². The summed E-state index contributed by atoms with van der Waals surface area (Å²) in [6, 6.07) is 6.35. The minimum absolute atomic E-state index is 0.149. The van der Waals surface area contributed by atoms with Crippen molar-refractivity contribution in [1.82, 2.24) is 25.0 Å². The highest BCUT2D eigenvalue weighted by molar-refractivity contribution is 7.99. The number of carbonyl (C=O) groups excluding carboxylic acids is 1. The number of aromatic nitrogens is 5. The third kappa shape index (κ3) is 4.94. The van der Waals surface area contributed by atoms with Gasteiger partial charge in [-0.2, -0.15) is 0 Å². The van der Waals surface area contributed by atoms with Crippen LogP contribution in [-0.4, -0.2) is 36.6 Å². The summed E-state index contributed by atoms with van der Waals surface area (Å²) in [5, 5.41) is 19.9. The molecule has 1 aromatic carbocycles. The van der Waals surface area contributed by atoms with Gasteiger partial charge in [-0.05, 0) is 55.9 Å². The van der Waals surface area contributed by atoms with Crippen molar-refractivity contribution in [2.45, 2.75) is 50.9 Å². The molecule has 0 atom stereocenters. The van der Waals surface area contributed by atoms with E-state index in [9.17, 15) is 4.79 Å². The molecule has 29 heavy (non-hydrogen) atoms. The highest BCUT2D eigenvalue weighted by Crippen LogP contribution is 2.26. The Balaban J connectivity index is 1.35. The molecule has 0 spiro atoms. The molecule has 1 aliphatic rings. The van der Waals surface area contributed by atoms with E-state index in [4.69, 9.17) is 4.74 Å². The monoisotopic (exact) mass is 430 g/mol. The molecule has 0 saturated carbocycles. The Morgan fingerprint density at radius 1 is 1.24 bits per heavy atom. The number of rotatable bonds is 8. The van der Waals surface area contributed by atoms with Crippen LogP contribution in [0.25, 0.3) is 0 Å². The molecular formula is C19H22N6O2S2. The zero-order valence-electron chi connectivity index (χ0n) is 16.1. The van der Waals surface area contributed by atoms with E-state index >= 15 is 0 Å². The van der Waals surface area contributed by atoms with Gasteiger partial charge in [0.1, 0.15) is 17.9 Å². The summed E-state index contributed by atoms with van der Waals surface area (Å²) in [4.78, 5) is 12.0. The Hall–Kier alpha value is -2.46. The Bertz CT molecular complexity index is 973. The maximum absolute atomic E-state index is 12.0. The summed E-state index contributed by atoms with van der Waals surface area (Å²) in [5.74, 6) is 1.69. The van der Waals surface area contributed by atoms with Gasteiger partial charge in [-0.3, -0.25) is 10.1 Å². The number of benzene rings is 1. The van der Waals surface area contributed by atoms with Crippen LogP contribution in [0.5, 0.6) is 5.75 Å². The maximum Gasteiger partial charge on any atom is 0.236 e. The van der Waals surface area contributed by atoms with Gasteiger partial charge >= 0.3 is 0 Å². The van der Waals surface area contributed by atoms with Crippen LogP contribution in [0.2, 0.25) is 0 Å². The van der Waals surface area contributed by atoms with E-state index < -0.39 is 0 Å². The van der Waals surface area contributed by atoms with E-state index in [1.165, 1.54) is 47.1 Å². The van der Waals surface area contributed by atoms with Gasteiger partial charge in [0.2, 0.25) is 11.0 Å². The van der Waals surface area contributed by atoms with Crippen molar-refractivity contribution in [3.05, 3.63) is 40.7 Å². The molecule has 10 heteroatoms. The molecule has 8 nitrogen and oxygen atoms in total. The SMILES string of the molecule is CCn1c(COc2ccc3c(c2)CCCC3)nnc1SCC(=O)Nc1nncs1. The number of nitrogens with zero attached hydrogens (tertiary/aromatic N) is 5. The fraction of sp³-hybridized carbons (Fsp3) is 0.421. The number of fused-ring (bicyclic) bond motifs is 1. The summed E-state index contributed by atoms with van der Waals surface area (Å²) in [6.07, 6.45) is 4.80. The van der Waals surface area contributed by atoms with E-state index in [1.54, 1.807) is 5.51 Å². The molecule has 1 N–H and O–H groups in total. The van der Waals surface area contributed by atoms with Crippen molar-refractivity contribution in [2.75, 3.05) is 11.1 Å². The zero-order valence-corrected chi connectivity index (χ0v) is 17.8. The highest BCUT2D eigenvalue weighted by Gasteiger charge is 2.15. The van der Waals surface area contributed by atoms with Gasteiger partial charge in [-0.25, -0.2) is 0 Å². The van der Waals surface area contributed by atoms with Gasteiger partial charge in [-0.1, -0.05) is 29.2 Å². The third-order valence-electron chi connectivity index (χ3n) is 4.74. The van der Waals surface area contributed by atoms with Gasteiger partial charge in [0.25, 0.3) is 0 Å². The van der Waals surface area contributed by atoms with Crippen molar-refractivity contribution in [2.24, 2.45) is 0 Å². The van der Waals surface area contributed by atoms with Crippen molar-refractivity contribution in [3.8, 4) is 5.75 Å². The van der Waals surface area contributed by atoms with Crippen LogP contribution in [0.4, 0.5) is 5.13 Å². The molecule has 0 aliphatic heterocycles. The number of aryl methyl sites for hydroxylation is 2. The first-order valence-corrected chi connectivity index (χ1v) is 11.4. The number of hydrogen-bond acceptors (Lipinski definition) is 8. The average Bonchev–Trinajstić information content (AvgIpc) is 3.39. The third-order valence-corrected chi connectivity index (χ3v) is 6.31. The van der Waals surface area contributed by atoms with E-state index in [0.29, 0.717) is 23.4 Å². The number of thioether (sulfide) groups is 1. The van der Waals surface area contributed by atoms with E-state index in [2.05, 4.69) is 37.8 Å². The minimum Gasteiger partial charge on any atom is -0.486 e. The van der Waals surface area contributed by atoms with Gasteiger partial charge in [0, 0.05) is 6.54 Å². The van der Waals surface area contributed by atoms with Crippen LogP contribution in [0.1, 0.15) is 36.7 Å². The van der Waals surface area contributed by atoms with Gasteiger partial charge in [0.15, 0.2) is 11.0 Å². The number of ether oxygens (including phenoxy) is 1. The lowest BCUT2D eigenvalue weighted by atomic mass is 9.92. The first-order chi connectivity index (χ1) is 14.2. The summed E-state index contributed by atoms with van der Waals surface area (Å²) >= 11 is 2.63.